The van der Waals surface area contributed by atoms with Crippen LogP contribution < -0.4 is 5.73 Å². The van der Waals surface area contributed by atoms with Gasteiger partial charge in [-0.2, -0.15) is 0 Å². The Morgan fingerprint density at radius 1 is 1.00 bits per heavy atom. The van der Waals surface area contributed by atoms with Gasteiger partial charge in [-0.1, -0.05) is 36.4 Å². The summed E-state index contributed by atoms with van der Waals surface area (Å²) in [6.07, 6.45) is 0. The highest BCUT2D eigenvalue weighted by Gasteiger charge is 2.05. The van der Waals surface area contributed by atoms with Crippen LogP contribution in [0.15, 0.2) is 48.5 Å². The monoisotopic (exact) mass is 277 g/mol. The van der Waals surface area contributed by atoms with E-state index in [0.717, 1.165) is 16.7 Å². The Labute approximate surface area is 118 Å². The van der Waals surface area contributed by atoms with Gasteiger partial charge in [0.1, 0.15) is 0 Å². The molecule has 0 aromatic heterocycles. The molecule has 0 saturated heterocycles. The van der Waals surface area contributed by atoms with Crippen LogP contribution in [0.4, 0.5) is 0 Å². The zero-order valence-corrected chi connectivity index (χ0v) is 11.4. The summed E-state index contributed by atoms with van der Waals surface area (Å²) in [6.45, 7) is 0.543. The van der Waals surface area contributed by atoms with E-state index in [1.807, 2.05) is 36.4 Å². The molecule has 0 spiro atoms. The zero-order chi connectivity index (χ0) is 13.0. The molecule has 0 radical (unpaired) electrons. The average Bonchev–Trinajstić information content (AvgIpc) is 2.47. The van der Waals surface area contributed by atoms with Crippen LogP contribution in [0.1, 0.15) is 15.9 Å². The number of esters is 1. The minimum absolute atomic E-state index is 0. The van der Waals surface area contributed by atoms with Crippen LogP contribution in [0.5, 0.6) is 0 Å². The summed E-state index contributed by atoms with van der Waals surface area (Å²) in [5.41, 5.74) is 9.37. The van der Waals surface area contributed by atoms with E-state index >= 15 is 0 Å². The lowest BCUT2D eigenvalue weighted by Crippen LogP contribution is -2.00. The molecule has 2 rings (SSSR count). The number of ether oxygens (including phenoxy) is 1. The fourth-order valence-corrected chi connectivity index (χ4v) is 1.75. The molecule has 0 fully saturated rings. The Morgan fingerprint density at radius 3 is 1.89 bits per heavy atom. The fraction of sp³-hybridized carbons (Fsp3) is 0.133. The second-order valence-electron chi connectivity index (χ2n) is 3.97. The average molecular weight is 278 g/mol. The SMILES string of the molecule is COC(=O)c1ccc(-c2ccc(CN)cc2)cc1.Cl. The van der Waals surface area contributed by atoms with Gasteiger partial charge in [0.05, 0.1) is 12.7 Å². The molecule has 0 aliphatic rings. The molecule has 0 bridgehead atoms. The van der Waals surface area contributed by atoms with Crippen molar-refractivity contribution in [3.05, 3.63) is 59.7 Å². The maximum Gasteiger partial charge on any atom is 0.337 e. The van der Waals surface area contributed by atoms with Gasteiger partial charge in [-0.15, -0.1) is 12.4 Å². The third-order valence-electron chi connectivity index (χ3n) is 2.83. The second-order valence-corrected chi connectivity index (χ2v) is 3.97. The third kappa shape index (κ3) is 3.56. The molecule has 0 atom stereocenters. The number of nitrogens with two attached hydrogens (primary N) is 1. The molecule has 3 nitrogen and oxygen atoms in total. The summed E-state index contributed by atoms with van der Waals surface area (Å²) in [5.74, 6) is -0.319. The molecule has 0 saturated carbocycles. The van der Waals surface area contributed by atoms with Crippen LogP contribution in [-0.4, -0.2) is 13.1 Å². The van der Waals surface area contributed by atoms with Gasteiger partial charge in [-0.3, -0.25) is 0 Å². The van der Waals surface area contributed by atoms with Crippen LogP contribution in [-0.2, 0) is 11.3 Å². The van der Waals surface area contributed by atoms with E-state index in [9.17, 15) is 4.79 Å². The Bertz CT molecular complexity index is 535. The highest BCUT2D eigenvalue weighted by molar-refractivity contribution is 5.89. The molecule has 2 aromatic rings. The van der Waals surface area contributed by atoms with Gasteiger partial charge in [-0.25, -0.2) is 4.79 Å². The van der Waals surface area contributed by atoms with E-state index in [1.54, 1.807) is 12.1 Å². The van der Waals surface area contributed by atoms with Crippen LogP contribution >= 0.6 is 12.4 Å². The molecule has 2 aromatic carbocycles. The number of methoxy groups -OCH3 is 1. The maximum atomic E-state index is 11.3. The number of hydrogen-bond donors (Lipinski definition) is 1. The van der Waals surface area contributed by atoms with Gasteiger partial charge in [0.15, 0.2) is 0 Å². The van der Waals surface area contributed by atoms with Gasteiger partial charge in [-0.05, 0) is 28.8 Å². The largest absolute Gasteiger partial charge is 0.465 e. The Kier molecular flexibility index (Phi) is 5.55. The molecule has 4 heteroatoms. The van der Waals surface area contributed by atoms with Crippen molar-refractivity contribution < 1.29 is 9.53 Å². The Balaban J connectivity index is 0.00000180. The lowest BCUT2D eigenvalue weighted by atomic mass is 10.0. The molecule has 0 aliphatic carbocycles. The summed E-state index contributed by atoms with van der Waals surface area (Å²) >= 11 is 0. The third-order valence-corrected chi connectivity index (χ3v) is 2.83. The first kappa shape index (κ1) is 15.2. The van der Waals surface area contributed by atoms with Gasteiger partial charge >= 0.3 is 5.97 Å². The van der Waals surface area contributed by atoms with Crippen molar-refractivity contribution in [1.82, 2.24) is 0 Å². The summed E-state index contributed by atoms with van der Waals surface area (Å²) < 4.78 is 4.66. The number of benzene rings is 2. The van der Waals surface area contributed by atoms with Crippen LogP contribution in [0, 0.1) is 0 Å². The van der Waals surface area contributed by atoms with Crippen molar-refractivity contribution in [1.29, 1.82) is 0 Å². The molecule has 0 amide bonds. The Morgan fingerprint density at radius 2 is 1.47 bits per heavy atom. The normalized spacial score (nSPS) is 9.58. The molecule has 0 unspecified atom stereocenters. The fourth-order valence-electron chi connectivity index (χ4n) is 1.75. The van der Waals surface area contributed by atoms with E-state index in [2.05, 4.69) is 4.74 Å². The standard InChI is InChI=1S/C15H15NO2.ClH/c1-18-15(17)14-8-6-13(7-9-14)12-4-2-11(10-16)3-5-12;/h2-9H,10,16H2,1H3;1H. The van der Waals surface area contributed by atoms with Gasteiger partial charge in [0.2, 0.25) is 0 Å². The lowest BCUT2D eigenvalue weighted by molar-refractivity contribution is 0.0601. The van der Waals surface area contributed by atoms with E-state index in [0.29, 0.717) is 12.1 Å². The smallest absolute Gasteiger partial charge is 0.337 e. The summed E-state index contributed by atoms with van der Waals surface area (Å²) in [7, 11) is 1.38. The van der Waals surface area contributed by atoms with Crippen molar-refractivity contribution in [2.75, 3.05) is 7.11 Å². The predicted octanol–water partition coefficient (Wildman–Crippen LogP) is 3.02. The summed E-state index contributed by atoms with van der Waals surface area (Å²) in [6, 6.07) is 15.4. The van der Waals surface area contributed by atoms with Crippen molar-refractivity contribution in [3.8, 4) is 11.1 Å². The van der Waals surface area contributed by atoms with E-state index < -0.39 is 0 Å². The van der Waals surface area contributed by atoms with E-state index in [1.165, 1.54) is 7.11 Å². The van der Waals surface area contributed by atoms with Crippen LogP contribution in [0.25, 0.3) is 11.1 Å². The number of carbonyl (C=O) groups is 1. The van der Waals surface area contributed by atoms with Crippen molar-refractivity contribution in [3.63, 3.8) is 0 Å². The van der Waals surface area contributed by atoms with Gasteiger partial charge in [0.25, 0.3) is 0 Å². The first-order chi connectivity index (χ1) is 8.74. The number of hydrogen-bond acceptors (Lipinski definition) is 3. The first-order valence-corrected chi connectivity index (χ1v) is 5.72. The van der Waals surface area contributed by atoms with Gasteiger partial charge in [0, 0.05) is 6.54 Å². The molecular formula is C15H16ClNO2. The van der Waals surface area contributed by atoms with Crippen LogP contribution in [0.2, 0.25) is 0 Å². The first-order valence-electron chi connectivity index (χ1n) is 5.72. The zero-order valence-electron chi connectivity index (χ0n) is 10.6. The quantitative estimate of drug-likeness (QED) is 0.878. The summed E-state index contributed by atoms with van der Waals surface area (Å²) in [4.78, 5) is 11.3. The van der Waals surface area contributed by atoms with Crippen molar-refractivity contribution >= 4 is 18.4 Å². The molecular weight excluding hydrogens is 262 g/mol. The number of carbonyl (C=O) groups excluding carboxylic acids is 1. The number of rotatable bonds is 3. The van der Waals surface area contributed by atoms with Gasteiger partial charge < -0.3 is 10.5 Å². The second kappa shape index (κ2) is 6.92. The molecule has 0 heterocycles. The molecule has 19 heavy (non-hydrogen) atoms. The highest BCUT2D eigenvalue weighted by atomic mass is 35.5. The van der Waals surface area contributed by atoms with Crippen molar-refractivity contribution in [2.45, 2.75) is 6.54 Å². The topological polar surface area (TPSA) is 52.3 Å². The minimum Gasteiger partial charge on any atom is -0.465 e. The molecule has 2 N–H and O–H groups in total. The molecule has 0 aliphatic heterocycles. The Hall–Kier alpha value is -1.84. The number of halogens is 1. The minimum atomic E-state index is -0.319. The maximum absolute atomic E-state index is 11.3. The van der Waals surface area contributed by atoms with Crippen molar-refractivity contribution in [2.24, 2.45) is 5.73 Å². The highest BCUT2D eigenvalue weighted by Crippen LogP contribution is 2.20. The van der Waals surface area contributed by atoms with E-state index in [-0.39, 0.29) is 18.4 Å². The molecule has 100 valence electrons. The van der Waals surface area contributed by atoms with E-state index in [4.69, 9.17) is 5.73 Å². The predicted molar refractivity (Wildman–Crippen MR) is 78.4 cm³/mol. The van der Waals surface area contributed by atoms with Crippen LogP contribution in [0.3, 0.4) is 0 Å². The summed E-state index contributed by atoms with van der Waals surface area (Å²) in [5, 5.41) is 0. The lowest BCUT2D eigenvalue weighted by Gasteiger charge is -2.04.